The van der Waals surface area contributed by atoms with Crippen LogP contribution in [-0.2, 0) is 0 Å². The van der Waals surface area contributed by atoms with Gasteiger partial charge in [-0.2, -0.15) is 0 Å². The van der Waals surface area contributed by atoms with E-state index in [1.54, 1.807) is 48.5 Å². The lowest BCUT2D eigenvalue weighted by atomic mass is 10.0. The number of phenolic OH excluding ortho intramolecular Hbond substituents is 4. The second-order valence-corrected chi connectivity index (χ2v) is 17.8. The number of hydrogen-bond donors (Lipinski definition) is 6. The van der Waals surface area contributed by atoms with E-state index in [0.717, 1.165) is 80.9 Å². The summed E-state index contributed by atoms with van der Waals surface area (Å²) in [6.07, 6.45) is 7.90. The number of hydrogen-bond acceptors (Lipinski definition) is 6. The predicted molar refractivity (Wildman–Crippen MR) is 258 cm³/mol. The molecule has 3 aromatic heterocycles. The molecule has 0 atom stereocenters. The van der Waals surface area contributed by atoms with Gasteiger partial charge in [0.05, 0.1) is 22.8 Å². The van der Waals surface area contributed by atoms with Crippen LogP contribution in [0.2, 0.25) is 0 Å². The number of aromatic amines is 2. The van der Waals surface area contributed by atoms with Crippen LogP contribution in [0.5, 0.6) is 23.0 Å². The second kappa shape index (κ2) is 14.8. The summed E-state index contributed by atoms with van der Waals surface area (Å²) < 4.78 is 3.69. The van der Waals surface area contributed by atoms with Crippen LogP contribution >= 0.6 is 90.4 Å². The van der Waals surface area contributed by atoms with Crippen LogP contribution in [0.3, 0.4) is 0 Å². The lowest BCUT2D eigenvalue weighted by Crippen LogP contribution is -1.92. The number of H-pyrrole nitrogens is 2. The molecule has 4 aromatic carbocycles. The fraction of sp³-hybridized carbons (Fsp3) is 0. The lowest BCUT2D eigenvalue weighted by molar-refractivity contribution is 0.475. The van der Waals surface area contributed by atoms with Crippen molar-refractivity contribution in [2.24, 2.45) is 0 Å². The maximum absolute atomic E-state index is 10.8. The molecule has 7 aromatic rings. The number of nitrogens with one attached hydrogen (secondary N) is 2. The Labute approximate surface area is 374 Å². The lowest BCUT2D eigenvalue weighted by Gasteiger charge is -2.10. The molecule has 0 unspecified atom stereocenters. The zero-order chi connectivity index (χ0) is 38.8. The number of phenols is 4. The monoisotopic (exact) mass is 1180 g/mol. The fourth-order valence-corrected chi connectivity index (χ4v) is 9.58. The summed E-state index contributed by atoms with van der Waals surface area (Å²) in [6.45, 7) is 0. The van der Waals surface area contributed by atoms with Crippen LogP contribution in [0.25, 0.3) is 90.9 Å². The number of rotatable bonds is 4. The molecule has 0 fully saturated rings. The van der Waals surface area contributed by atoms with E-state index >= 15 is 0 Å². The zero-order valence-electron chi connectivity index (χ0n) is 28.7. The van der Waals surface area contributed by atoms with E-state index in [1.807, 2.05) is 72.8 Å². The highest BCUT2D eigenvalue weighted by Crippen LogP contribution is 2.42. The largest absolute Gasteiger partial charge is 0.508 e. The summed E-state index contributed by atoms with van der Waals surface area (Å²) in [4.78, 5) is 18.0. The van der Waals surface area contributed by atoms with Crippen molar-refractivity contribution in [1.29, 1.82) is 0 Å². The Kier molecular flexibility index (Phi) is 9.85. The van der Waals surface area contributed by atoms with Gasteiger partial charge in [-0.1, -0.05) is 0 Å². The smallest absolute Gasteiger partial charge is 0.116 e. The van der Waals surface area contributed by atoms with Crippen molar-refractivity contribution >= 4 is 137 Å². The molecular weight excluding hydrogens is 1160 g/mol. The summed E-state index contributed by atoms with van der Waals surface area (Å²) in [7, 11) is 0. The van der Waals surface area contributed by atoms with E-state index in [1.165, 1.54) is 0 Å². The highest BCUT2D eigenvalue weighted by Gasteiger charge is 2.22. The number of fused-ring (bicyclic) bond motifs is 8. The first-order chi connectivity index (χ1) is 27.0. The molecule has 0 radical (unpaired) electrons. The third kappa shape index (κ3) is 6.76. The molecule has 0 amide bonds. The third-order valence-electron chi connectivity index (χ3n) is 9.63. The van der Waals surface area contributed by atoms with Crippen molar-refractivity contribution < 1.29 is 20.4 Å². The molecule has 0 spiro atoms. The van der Waals surface area contributed by atoms with Crippen LogP contribution in [-0.4, -0.2) is 40.4 Å². The molecule has 8 bridgehead atoms. The molecule has 0 aliphatic carbocycles. The van der Waals surface area contributed by atoms with Gasteiger partial charge in [-0.05, 0) is 212 Å². The molecule has 274 valence electrons. The molecule has 2 aliphatic heterocycles. The quantitative estimate of drug-likeness (QED) is 0.0971. The maximum atomic E-state index is 10.8. The van der Waals surface area contributed by atoms with E-state index in [2.05, 4.69) is 100 Å². The Balaban J connectivity index is 1.52. The summed E-state index contributed by atoms with van der Waals surface area (Å²) in [5.41, 5.74) is 12.0. The Morgan fingerprint density at radius 2 is 0.571 bits per heavy atom. The minimum atomic E-state index is 0.127. The van der Waals surface area contributed by atoms with Crippen molar-refractivity contribution in [3.05, 3.63) is 134 Å². The third-order valence-corrected chi connectivity index (χ3v) is 13.4. The van der Waals surface area contributed by atoms with Crippen molar-refractivity contribution in [3.8, 4) is 67.5 Å². The van der Waals surface area contributed by atoms with Gasteiger partial charge in [0.2, 0.25) is 0 Å². The van der Waals surface area contributed by atoms with Crippen molar-refractivity contribution in [2.45, 2.75) is 0 Å². The number of aromatic hydroxyl groups is 4. The minimum Gasteiger partial charge on any atom is -0.508 e. The molecule has 56 heavy (non-hydrogen) atoms. The predicted octanol–water partition coefficient (Wildman–Crippen LogP) is 12.6. The van der Waals surface area contributed by atoms with Gasteiger partial charge >= 0.3 is 0 Å². The Morgan fingerprint density at radius 1 is 0.339 bits per heavy atom. The van der Waals surface area contributed by atoms with Crippen LogP contribution in [0, 0.1) is 14.3 Å². The second-order valence-electron chi connectivity index (χ2n) is 13.2. The summed E-state index contributed by atoms with van der Waals surface area (Å²) >= 11 is 9.13. The first kappa shape index (κ1) is 37.2. The van der Waals surface area contributed by atoms with Crippen LogP contribution < -0.4 is 0 Å². The molecular formula is C44H26I4N4O4. The first-order valence-electron chi connectivity index (χ1n) is 17.1. The van der Waals surface area contributed by atoms with Gasteiger partial charge in [-0.25, -0.2) is 9.97 Å². The average Bonchev–Trinajstić information content (AvgIpc) is 4.01. The normalized spacial score (nSPS) is 12.1. The summed E-state index contributed by atoms with van der Waals surface area (Å²) in [6, 6.07) is 29.2. The van der Waals surface area contributed by atoms with Crippen LogP contribution in [0.15, 0.2) is 97.1 Å². The summed E-state index contributed by atoms with van der Waals surface area (Å²) in [5, 5.41) is 43.0. The highest BCUT2D eigenvalue weighted by molar-refractivity contribution is 14.1. The van der Waals surface area contributed by atoms with E-state index in [4.69, 9.17) is 9.97 Å². The van der Waals surface area contributed by atoms with Crippen molar-refractivity contribution in [3.63, 3.8) is 0 Å². The van der Waals surface area contributed by atoms with E-state index in [-0.39, 0.29) is 23.0 Å². The molecule has 2 aliphatic rings. The number of halogens is 4. The molecule has 5 heterocycles. The number of benzene rings is 4. The molecule has 9 rings (SSSR count). The van der Waals surface area contributed by atoms with Gasteiger partial charge < -0.3 is 30.4 Å². The zero-order valence-corrected chi connectivity index (χ0v) is 37.4. The van der Waals surface area contributed by atoms with E-state index in [9.17, 15) is 20.4 Å². The topological polar surface area (TPSA) is 138 Å². The van der Waals surface area contributed by atoms with Gasteiger partial charge in [-0.15, -0.1) is 0 Å². The molecule has 8 nitrogen and oxygen atoms in total. The van der Waals surface area contributed by atoms with Crippen LogP contribution in [0.4, 0.5) is 0 Å². The molecule has 0 saturated heterocycles. The van der Waals surface area contributed by atoms with Gasteiger partial charge in [-0.3, -0.25) is 0 Å². The van der Waals surface area contributed by atoms with Gasteiger partial charge in [0, 0.05) is 80.9 Å². The minimum absolute atomic E-state index is 0.127. The highest BCUT2D eigenvalue weighted by atomic mass is 127. The first-order valence-corrected chi connectivity index (χ1v) is 21.5. The average molecular weight is 1180 g/mol. The fourth-order valence-electron chi connectivity index (χ4n) is 7.16. The Hall–Kier alpha value is -4.40. The van der Waals surface area contributed by atoms with Gasteiger partial charge in [0.1, 0.15) is 23.0 Å². The van der Waals surface area contributed by atoms with Crippen molar-refractivity contribution in [1.82, 2.24) is 19.9 Å². The Bertz CT molecular complexity index is 2640. The van der Waals surface area contributed by atoms with Gasteiger partial charge in [0.25, 0.3) is 0 Å². The van der Waals surface area contributed by atoms with Gasteiger partial charge in [0.15, 0.2) is 0 Å². The van der Waals surface area contributed by atoms with Crippen molar-refractivity contribution in [2.75, 3.05) is 0 Å². The maximum Gasteiger partial charge on any atom is 0.116 e. The molecule has 12 heteroatoms. The number of nitrogens with zero attached hydrogens (tertiary/aromatic N) is 2. The SMILES string of the molecule is Oc1ccc(I)c(-c2c3nc(c(-c4cc(O)ccc4I)c4ccc([nH]4)c(-c4cc(O)ccc4I)c4nc(c(-c5cc(O)ccc5I)c5ccc2[nH]5)C=C4)C=C3)c1. The van der Waals surface area contributed by atoms with E-state index in [0.29, 0.717) is 22.8 Å². The molecule has 6 N–H and O–H groups in total. The standard InChI is InChI=1S/C44H26I4N4O4/c45-29-5-1-21(53)17-25(29)41-33-9-11-35(49-33)42(26-18-22(54)2-6-30(26)46)37-13-15-39(51-37)44(28-20-24(56)4-8-32(28)48)40-16-14-38(52-40)43(36-12-10-34(41)50-36)27-19-23(55)3-7-31(27)47/h1-20,49,52-56H. The summed E-state index contributed by atoms with van der Waals surface area (Å²) in [5.74, 6) is 0.510. The number of aromatic nitrogens is 4. The molecule has 0 saturated carbocycles. The van der Waals surface area contributed by atoms with E-state index < -0.39 is 0 Å². The Morgan fingerprint density at radius 3 is 0.804 bits per heavy atom. The van der Waals surface area contributed by atoms with Crippen LogP contribution in [0.1, 0.15) is 22.8 Å².